The van der Waals surface area contributed by atoms with Gasteiger partial charge in [0.15, 0.2) is 0 Å². The molecule has 0 rings (SSSR count). The summed E-state index contributed by atoms with van der Waals surface area (Å²) in [5, 5.41) is 15.4. The minimum Gasteiger partial charge on any atom is -0.478 e. The summed E-state index contributed by atoms with van der Waals surface area (Å²) < 4.78 is 0. The first-order valence-corrected chi connectivity index (χ1v) is 15.0. The summed E-state index contributed by atoms with van der Waals surface area (Å²) in [6.45, 7) is 24.1. The maximum absolute atomic E-state index is 13.8. The molecule has 9 nitrogen and oxygen atoms in total. The van der Waals surface area contributed by atoms with Gasteiger partial charge in [0.1, 0.15) is 5.54 Å². The first-order valence-electron chi connectivity index (χ1n) is 15.0. The highest BCUT2D eigenvalue weighted by atomic mass is 16.4. The molecule has 0 saturated heterocycles. The van der Waals surface area contributed by atoms with Crippen molar-refractivity contribution < 1.29 is 24.3 Å². The Bertz CT molecular complexity index is 827. The van der Waals surface area contributed by atoms with Crippen LogP contribution in [0.15, 0.2) is 11.6 Å². The lowest BCUT2D eigenvalue weighted by Gasteiger charge is -2.46. The molecule has 0 bridgehead atoms. The molecule has 0 saturated carbocycles. The van der Waals surface area contributed by atoms with E-state index in [1.807, 2.05) is 55.4 Å². The Kier molecular flexibility index (Phi) is 18.7. The van der Waals surface area contributed by atoms with Gasteiger partial charge in [-0.3, -0.25) is 14.4 Å². The van der Waals surface area contributed by atoms with Crippen LogP contribution in [0.25, 0.3) is 0 Å². The minimum absolute atomic E-state index is 0.0233. The van der Waals surface area contributed by atoms with Crippen LogP contribution in [0.2, 0.25) is 0 Å². The quantitative estimate of drug-likeness (QED) is 0.229. The van der Waals surface area contributed by atoms with E-state index in [1.165, 1.54) is 11.8 Å². The Morgan fingerprint density at radius 1 is 0.875 bits per heavy atom. The molecule has 0 radical (unpaired) electrons. The standard InChI is InChI=1S/C27H50N4O5.C4H10/c1-11-26(12-2,29-15-5)25(36)31(16-6)27(13-3,14-4)24(35)28-18-22(32)30(10)21(19(7)8)17-20(9)23(33)34;1-4(2)3/h17,19,21,29H,11-16,18H2,1-10H3,(H,28,35)(H,33,34);4H,1-3H3/b20-17+;/t21-;/m1./s1. The molecule has 0 aromatic carbocycles. The molecule has 0 aliphatic heterocycles. The van der Waals surface area contributed by atoms with Gasteiger partial charge in [0.2, 0.25) is 17.7 Å². The third kappa shape index (κ3) is 10.9. The normalized spacial score (nSPS) is 12.9. The number of hydrogen-bond acceptors (Lipinski definition) is 5. The summed E-state index contributed by atoms with van der Waals surface area (Å²) in [6, 6.07) is -0.434. The molecule has 234 valence electrons. The molecular formula is C31H60N4O5. The summed E-state index contributed by atoms with van der Waals surface area (Å²) in [6.07, 6.45) is 3.57. The molecule has 1 atom stereocenters. The van der Waals surface area contributed by atoms with E-state index in [0.717, 1.165) is 5.92 Å². The predicted molar refractivity (Wildman–Crippen MR) is 164 cm³/mol. The average molecular weight is 569 g/mol. The van der Waals surface area contributed by atoms with Crippen LogP contribution in [0.1, 0.15) is 109 Å². The highest BCUT2D eigenvalue weighted by molar-refractivity contribution is 5.96. The van der Waals surface area contributed by atoms with E-state index in [-0.39, 0.29) is 35.8 Å². The van der Waals surface area contributed by atoms with Gasteiger partial charge in [0.05, 0.1) is 18.1 Å². The fourth-order valence-corrected chi connectivity index (χ4v) is 4.88. The Balaban J connectivity index is 0. The van der Waals surface area contributed by atoms with Gasteiger partial charge in [-0.2, -0.15) is 0 Å². The Morgan fingerprint density at radius 3 is 1.68 bits per heavy atom. The van der Waals surface area contributed by atoms with Crippen molar-refractivity contribution in [2.75, 3.05) is 26.7 Å². The van der Waals surface area contributed by atoms with Gasteiger partial charge in [-0.05, 0) is 57.9 Å². The number of nitrogens with zero attached hydrogens (tertiary/aromatic N) is 2. The van der Waals surface area contributed by atoms with Crippen LogP contribution >= 0.6 is 0 Å². The lowest BCUT2D eigenvalue weighted by Crippen LogP contribution is -2.67. The number of carboxylic acid groups (broad SMARTS) is 1. The van der Waals surface area contributed by atoms with Crippen LogP contribution in [0.3, 0.4) is 0 Å². The maximum Gasteiger partial charge on any atom is 0.331 e. The van der Waals surface area contributed by atoms with E-state index in [0.29, 0.717) is 38.8 Å². The largest absolute Gasteiger partial charge is 0.478 e. The monoisotopic (exact) mass is 568 g/mol. The molecule has 0 aromatic heterocycles. The summed E-state index contributed by atoms with van der Waals surface area (Å²) in [7, 11) is 1.60. The topological polar surface area (TPSA) is 119 Å². The summed E-state index contributed by atoms with van der Waals surface area (Å²) in [5.74, 6) is -1.03. The Morgan fingerprint density at radius 2 is 1.35 bits per heavy atom. The third-order valence-corrected chi connectivity index (χ3v) is 7.48. The average Bonchev–Trinajstić information content (AvgIpc) is 2.90. The number of likely N-dealkylation sites (N-methyl/N-ethyl adjacent to an activating group) is 3. The van der Waals surface area contributed by atoms with Gasteiger partial charge in [-0.15, -0.1) is 0 Å². The molecule has 0 fully saturated rings. The molecule has 3 N–H and O–H groups in total. The molecule has 0 unspecified atom stereocenters. The lowest BCUT2D eigenvalue weighted by atomic mass is 9.84. The van der Waals surface area contributed by atoms with Crippen LogP contribution in [-0.2, 0) is 19.2 Å². The van der Waals surface area contributed by atoms with Gasteiger partial charge >= 0.3 is 5.97 Å². The van der Waals surface area contributed by atoms with Crippen molar-refractivity contribution in [3.05, 3.63) is 11.6 Å². The van der Waals surface area contributed by atoms with Gasteiger partial charge in [0.25, 0.3) is 0 Å². The van der Waals surface area contributed by atoms with E-state index in [9.17, 15) is 24.3 Å². The molecule has 0 aromatic rings. The van der Waals surface area contributed by atoms with Crippen molar-refractivity contribution in [1.29, 1.82) is 0 Å². The van der Waals surface area contributed by atoms with Crippen molar-refractivity contribution >= 4 is 23.7 Å². The van der Waals surface area contributed by atoms with Crippen LogP contribution in [0, 0.1) is 11.8 Å². The van der Waals surface area contributed by atoms with Crippen molar-refractivity contribution in [3.8, 4) is 0 Å². The summed E-state index contributed by atoms with van der Waals surface area (Å²) in [5.41, 5.74) is -1.69. The second-order valence-corrected chi connectivity index (χ2v) is 11.4. The highest BCUT2D eigenvalue weighted by Crippen LogP contribution is 2.30. The number of rotatable bonds is 16. The highest BCUT2D eigenvalue weighted by Gasteiger charge is 2.48. The zero-order chi connectivity index (χ0) is 31.8. The maximum atomic E-state index is 13.8. The number of nitrogens with one attached hydrogen (secondary N) is 2. The number of aliphatic carboxylic acids is 1. The van der Waals surface area contributed by atoms with Crippen LogP contribution < -0.4 is 10.6 Å². The second-order valence-electron chi connectivity index (χ2n) is 11.4. The van der Waals surface area contributed by atoms with E-state index in [4.69, 9.17) is 0 Å². The van der Waals surface area contributed by atoms with Gasteiger partial charge in [0, 0.05) is 19.2 Å². The second kappa shape index (κ2) is 18.8. The molecule has 3 amide bonds. The number of amides is 3. The number of carbonyl (C=O) groups excluding carboxylic acids is 3. The zero-order valence-electron chi connectivity index (χ0n) is 27.7. The summed E-state index contributed by atoms with van der Waals surface area (Å²) >= 11 is 0. The first-order chi connectivity index (χ1) is 18.5. The summed E-state index contributed by atoms with van der Waals surface area (Å²) in [4.78, 5) is 54.9. The van der Waals surface area contributed by atoms with Crippen molar-refractivity contribution in [1.82, 2.24) is 20.4 Å². The van der Waals surface area contributed by atoms with Crippen LogP contribution in [-0.4, -0.2) is 82.4 Å². The van der Waals surface area contributed by atoms with E-state index in [2.05, 4.69) is 31.4 Å². The lowest BCUT2D eigenvalue weighted by molar-refractivity contribution is -0.154. The molecule has 0 aliphatic rings. The molecule has 40 heavy (non-hydrogen) atoms. The van der Waals surface area contributed by atoms with Crippen LogP contribution in [0.4, 0.5) is 0 Å². The number of hydrogen-bond donors (Lipinski definition) is 3. The molecule has 0 spiro atoms. The zero-order valence-corrected chi connectivity index (χ0v) is 27.7. The van der Waals surface area contributed by atoms with Crippen molar-refractivity contribution in [2.24, 2.45) is 11.8 Å². The SMILES string of the molecule is CC(C)C.CCNC(CC)(CC)C(=O)N(CC)C(CC)(CC)C(=O)NCC(=O)N(C)[C@H](/C=C(\C)C(=O)O)C(C)C. The van der Waals surface area contributed by atoms with E-state index < -0.39 is 23.1 Å². The Hall–Kier alpha value is -2.42. The van der Waals surface area contributed by atoms with Crippen molar-refractivity contribution in [3.63, 3.8) is 0 Å². The molecular weight excluding hydrogens is 508 g/mol. The van der Waals surface area contributed by atoms with Gasteiger partial charge < -0.3 is 25.5 Å². The minimum atomic E-state index is -1.09. The molecule has 0 aliphatic carbocycles. The predicted octanol–water partition coefficient (Wildman–Crippen LogP) is 4.85. The number of carboxylic acids is 1. The first kappa shape index (κ1) is 39.7. The Labute approximate surface area is 244 Å². The molecule has 0 heterocycles. The smallest absolute Gasteiger partial charge is 0.331 e. The number of carbonyl (C=O) groups is 4. The van der Waals surface area contributed by atoms with Gasteiger partial charge in [-0.25, -0.2) is 4.79 Å². The van der Waals surface area contributed by atoms with Crippen LogP contribution in [0.5, 0.6) is 0 Å². The fraction of sp³-hybridized carbons (Fsp3) is 0.806. The van der Waals surface area contributed by atoms with Gasteiger partial charge in [-0.1, -0.05) is 75.3 Å². The fourth-order valence-electron chi connectivity index (χ4n) is 4.88. The van der Waals surface area contributed by atoms with E-state index in [1.54, 1.807) is 18.0 Å². The van der Waals surface area contributed by atoms with E-state index >= 15 is 0 Å². The third-order valence-electron chi connectivity index (χ3n) is 7.48. The van der Waals surface area contributed by atoms with Crippen molar-refractivity contribution in [2.45, 2.75) is 126 Å². The molecule has 9 heteroatoms.